The molecule has 35 heavy (non-hydrogen) atoms. The quantitative estimate of drug-likeness (QED) is 0.617. The molecule has 5 fully saturated rings. The molecule has 6 heterocycles. The second kappa shape index (κ2) is 6.05. The highest BCUT2D eigenvalue weighted by Gasteiger charge is 2.80. The van der Waals surface area contributed by atoms with Gasteiger partial charge in [0.2, 0.25) is 11.8 Å². The lowest BCUT2D eigenvalue weighted by Gasteiger charge is -2.65. The predicted molar refractivity (Wildman–Crippen MR) is 131 cm³/mol. The van der Waals surface area contributed by atoms with Crippen molar-refractivity contribution in [3.05, 3.63) is 30.0 Å². The summed E-state index contributed by atoms with van der Waals surface area (Å²) in [6, 6.07) is 4.01. The number of ether oxygens (including phenoxy) is 2. The number of piperazine rings is 1. The number of carbonyl (C=O) groups is 2. The minimum absolute atomic E-state index is 0.0146. The predicted octanol–water partition coefficient (Wildman–Crippen LogP) is 3.68. The summed E-state index contributed by atoms with van der Waals surface area (Å²) in [6.07, 6.45) is 6.05. The van der Waals surface area contributed by atoms with Gasteiger partial charge in [-0.1, -0.05) is 26.8 Å². The number of benzene rings is 1. The molecule has 0 aromatic heterocycles. The van der Waals surface area contributed by atoms with E-state index in [1.54, 1.807) is 6.26 Å². The molecular weight excluding hydrogens is 442 g/mol. The number of nitrogens with zero attached hydrogens (tertiary/aromatic N) is 2. The first-order valence-electron chi connectivity index (χ1n) is 13.0. The highest BCUT2D eigenvalue weighted by atomic mass is 16.5. The molecule has 7 aliphatic rings. The van der Waals surface area contributed by atoms with Crippen LogP contribution in [-0.4, -0.2) is 58.4 Å². The minimum Gasteiger partial charge on any atom is -0.480 e. The lowest BCUT2D eigenvalue weighted by atomic mass is 9.56. The molecule has 7 nitrogen and oxygen atoms in total. The lowest BCUT2D eigenvalue weighted by molar-refractivity contribution is -0.189. The Labute approximate surface area is 206 Å². The second-order valence-electron chi connectivity index (χ2n) is 13.0. The maximum atomic E-state index is 14.1. The molecule has 3 spiro atoms. The number of carbonyl (C=O) groups excluding carboxylic acids is 2. The molecule has 4 saturated heterocycles. The fourth-order valence-electron chi connectivity index (χ4n) is 9.05. The molecule has 1 aromatic carbocycles. The van der Waals surface area contributed by atoms with Crippen LogP contribution >= 0.6 is 0 Å². The molecule has 8 rings (SSSR count). The van der Waals surface area contributed by atoms with Crippen LogP contribution in [0.3, 0.4) is 0 Å². The summed E-state index contributed by atoms with van der Waals surface area (Å²) < 4.78 is 12.3. The van der Waals surface area contributed by atoms with Crippen molar-refractivity contribution >= 4 is 17.5 Å². The molecule has 0 unspecified atom stereocenters. The van der Waals surface area contributed by atoms with Crippen LogP contribution < -0.4 is 14.8 Å². The van der Waals surface area contributed by atoms with Gasteiger partial charge < -0.3 is 19.7 Å². The third-order valence-corrected chi connectivity index (χ3v) is 11.0. The number of nitrogens with one attached hydrogen (secondary N) is 1. The number of amides is 2. The summed E-state index contributed by atoms with van der Waals surface area (Å²) in [6.45, 7) is 12.5. The van der Waals surface area contributed by atoms with Crippen LogP contribution in [0.5, 0.6) is 11.5 Å². The average molecular weight is 478 g/mol. The van der Waals surface area contributed by atoms with Crippen molar-refractivity contribution in [2.45, 2.75) is 76.0 Å². The number of rotatable bonds is 0. The zero-order chi connectivity index (χ0) is 24.8. The average Bonchev–Trinajstić information content (AvgIpc) is 3.29. The molecule has 1 aromatic rings. The van der Waals surface area contributed by atoms with Gasteiger partial charge >= 0.3 is 0 Å². The molecule has 1 saturated carbocycles. The summed E-state index contributed by atoms with van der Waals surface area (Å²) in [7, 11) is 1.99. The fourth-order valence-corrected chi connectivity index (χ4v) is 9.05. The number of anilines is 1. The van der Waals surface area contributed by atoms with Crippen LogP contribution in [0.15, 0.2) is 24.5 Å². The van der Waals surface area contributed by atoms with Gasteiger partial charge in [-0.3, -0.25) is 14.5 Å². The summed E-state index contributed by atoms with van der Waals surface area (Å²) in [5.41, 5.74) is -0.714. The molecule has 6 aliphatic heterocycles. The minimum atomic E-state index is -0.750. The fraction of sp³-hybridized carbons (Fsp3) is 0.643. The van der Waals surface area contributed by atoms with Crippen LogP contribution in [0, 0.1) is 17.3 Å². The summed E-state index contributed by atoms with van der Waals surface area (Å²) in [5.74, 6) is 2.01. The van der Waals surface area contributed by atoms with Gasteiger partial charge in [-0.15, -0.1) is 0 Å². The van der Waals surface area contributed by atoms with E-state index in [2.05, 4.69) is 42.0 Å². The normalized spacial score (nSPS) is 41.6. The highest BCUT2D eigenvalue weighted by Crippen LogP contribution is 2.72. The van der Waals surface area contributed by atoms with E-state index < -0.39 is 16.6 Å². The van der Waals surface area contributed by atoms with Gasteiger partial charge in [-0.25, -0.2) is 0 Å². The standard InChI is InChI=1S/C28H35N3O4/c1-16-9-11-31-15-26-14-27(25(4,5)19(26)13-28(16,31)23(33)30(26)6)17-7-8-18-21(20(17)29-22(27)32)34-12-10-24(2,3)35-18/h7-8,10,12,16,19H,9,11,13-15H2,1-6H3,(H,29,32)/t16-,19+,26-,27-,28-/m1/s1. The molecule has 7 heteroatoms. The molecular formula is C28H35N3O4. The first-order chi connectivity index (χ1) is 16.4. The van der Waals surface area contributed by atoms with E-state index in [0.29, 0.717) is 29.5 Å². The largest absolute Gasteiger partial charge is 0.480 e. The Kier molecular flexibility index (Phi) is 3.75. The molecule has 2 amide bonds. The number of piperidine rings is 2. The topological polar surface area (TPSA) is 71.1 Å². The van der Waals surface area contributed by atoms with E-state index in [1.165, 1.54) is 0 Å². The van der Waals surface area contributed by atoms with Crippen molar-refractivity contribution in [2.75, 3.05) is 25.5 Å². The number of likely N-dealkylation sites (N-methyl/N-ethyl adjacent to an activating group) is 1. The summed E-state index contributed by atoms with van der Waals surface area (Å²) in [5, 5.41) is 3.22. The Hall–Kier alpha value is -2.54. The molecule has 5 atom stereocenters. The van der Waals surface area contributed by atoms with E-state index in [9.17, 15) is 9.59 Å². The van der Waals surface area contributed by atoms with Gasteiger partial charge in [-0.05, 0) is 74.6 Å². The summed E-state index contributed by atoms with van der Waals surface area (Å²) >= 11 is 0. The van der Waals surface area contributed by atoms with Gasteiger partial charge in [0.25, 0.3) is 0 Å². The van der Waals surface area contributed by atoms with Crippen LogP contribution in [0.4, 0.5) is 5.69 Å². The first kappa shape index (κ1) is 21.7. The summed E-state index contributed by atoms with van der Waals surface area (Å²) in [4.78, 5) is 32.6. The number of fused-ring (bicyclic) bond motifs is 5. The Morgan fingerprint density at radius 3 is 2.69 bits per heavy atom. The van der Waals surface area contributed by atoms with Crippen molar-refractivity contribution in [3.63, 3.8) is 0 Å². The van der Waals surface area contributed by atoms with Crippen LogP contribution in [0.25, 0.3) is 0 Å². The zero-order valence-electron chi connectivity index (χ0n) is 21.5. The molecule has 1 N–H and O–H groups in total. The van der Waals surface area contributed by atoms with Gasteiger partial charge in [0.15, 0.2) is 11.5 Å². The zero-order valence-corrected chi connectivity index (χ0v) is 21.5. The number of hydrogen-bond donors (Lipinski definition) is 1. The molecule has 1 aliphatic carbocycles. The van der Waals surface area contributed by atoms with Crippen molar-refractivity contribution < 1.29 is 19.1 Å². The maximum Gasteiger partial charge on any atom is 0.243 e. The highest BCUT2D eigenvalue weighted by molar-refractivity contribution is 6.09. The van der Waals surface area contributed by atoms with E-state index in [1.807, 2.05) is 33.0 Å². The Morgan fingerprint density at radius 1 is 1.14 bits per heavy atom. The van der Waals surface area contributed by atoms with Gasteiger partial charge in [-0.2, -0.15) is 0 Å². The van der Waals surface area contributed by atoms with Gasteiger partial charge in [0, 0.05) is 13.6 Å². The Morgan fingerprint density at radius 2 is 1.91 bits per heavy atom. The monoisotopic (exact) mass is 477 g/mol. The lowest BCUT2D eigenvalue weighted by Crippen LogP contribution is -2.79. The first-order valence-corrected chi connectivity index (χ1v) is 13.0. The van der Waals surface area contributed by atoms with Gasteiger partial charge in [0.05, 0.1) is 22.9 Å². The van der Waals surface area contributed by atoms with Gasteiger partial charge in [0.1, 0.15) is 11.1 Å². The molecule has 0 radical (unpaired) electrons. The van der Waals surface area contributed by atoms with Crippen molar-refractivity contribution in [1.82, 2.24) is 9.80 Å². The smallest absolute Gasteiger partial charge is 0.243 e. The Balaban J connectivity index is 1.41. The van der Waals surface area contributed by atoms with Crippen LogP contribution in [-0.2, 0) is 15.0 Å². The third kappa shape index (κ3) is 2.16. The van der Waals surface area contributed by atoms with E-state index in [-0.39, 0.29) is 28.7 Å². The van der Waals surface area contributed by atoms with Crippen molar-refractivity contribution in [2.24, 2.45) is 17.3 Å². The second-order valence-corrected chi connectivity index (χ2v) is 13.0. The van der Waals surface area contributed by atoms with Crippen molar-refractivity contribution in [1.29, 1.82) is 0 Å². The van der Waals surface area contributed by atoms with E-state index >= 15 is 0 Å². The molecule has 186 valence electrons. The van der Waals surface area contributed by atoms with Crippen LogP contribution in [0.2, 0.25) is 0 Å². The van der Waals surface area contributed by atoms with E-state index in [0.717, 1.165) is 31.5 Å². The third-order valence-electron chi connectivity index (χ3n) is 11.0. The molecule has 2 bridgehead atoms. The van der Waals surface area contributed by atoms with Crippen molar-refractivity contribution in [3.8, 4) is 11.5 Å². The maximum absolute atomic E-state index is 14.1. The van der Waals surface area contributed by atoms with E-state index in [4.69, 9.17) is 9.47 Å². The Bertz CT molecular complexity index is 1240. The number of hydrogen-bond acceptors (Lipinski definition) is 5. The SMILES string of the molecule is C[C@@H]1CCN2C[C@]34C[C@@]5(C(=O)Nc6c5ccc5c6OC=CC(C)(C)O5)C(C)(C)[C@@H]3C[C@]12C(=O)N4C. The van der Waals surface area contributed by atoms with Crippen LogP contribution in [0.1, 0.15) is 59.4 Å².